The first-order valence-corrected chi connectivity index (χ1v) is 8.67. The fourth-order valence-corrected chi connectivity index (χ4v) is 3.30. The lowest BCUT2D eigenvalue weighted by atomic mass is 10.1. The van der Waals surface area contributed by atoms with E-state index in [9.17, 15) is 14.4 Å². The number of nitrogens with zero attached hydrogens (tertiary/aromatic N) is 2. The zero-order valence-electron chi connectivity index (χ0n) is 13.3. The van der Waals surface area contributed by atoms with Crippen LogP contribution in [0.5, 0.6) is 0 Å². The minimum atomic E-state index is -0.682. The van der Waals surface area contributed by atoms with Crippen molar-refractivity contribution in [2.75, 3.05) is 5.73 Å². The Morgan fingerprint density at radius 1 is 1.36 bits per heavy atom. The molecule has 0 aliphatic heterocycles. The molecule has 0 bridgehead atoms. The SMILES string of the molecule is C[C@@H](NC(=O)Cn1c(=O)c(Br)c(N)n(C)c1=O)c1ccc(Cl)cc1Cl. The molecule has 7 nitrogen and oxygen atoms in total. The number of nitrogen functional groups attached to an aromatic ring is 1. The van der Waals surface area contributed by atoms with Crippen molar-refractivity contribution in [3.8, 4) is 0 Å². The summed E-state index contributed by atoms with van der Waals surface area (Å²) in [6.07, 6.45) is 0. The van der Waals surface area contributed by atoms with Gasteiger partial charge in [0, 0.05) is 17.1 Å². The van der Waals surface area contributed by atoms with E-state index in [-0.39, 0.29) is 10.3 Å². The van der Waals surface area contributed by atoms with Crippen LogP contribution in [0.3, 0.4) is 0 Å². The Morgan fingerprint density at radius 3 is 2.60 bits per heavy atom. The minimum absolute atomic E-state index is 0.00651. The van der Waals surface area contributed by atoms with Gasteiger partial charge in [-0.2, -0.15) is 0 Å². The molecule has 0 radical (unpaired) electrons. The highest BCUT2D eigenvalue weighted by molar-refractivity contribution is 9.10. The molecule has 10 heteroatoms. The van der Waals surface area contributed by atoms with Crippen LogP contribution in [-0.4, -0.2) is 15.0 Å². The van der Waals surface area contributed by atoms with Gasteiger partial charge in [-0.15, -0.1) is 0 Å². The number of hydrogen-bond acceptors (Lipinski definition) is 4. The number of nitrogens with one attached hydrogen (secondary N) is 1. The van der Waals surface area contributed by atoms with Crippen LogP contribution in [0.2, 0.25) is 10.0 Å². The third kappa shape index (κ3) is 4.08. The quantitative estimate of drug-likeness (QED) is 0.746. The maximum Gasteiger partial charge on any atom is 0.332 e. The fourth-order valence-electron chi connectivity index (χ4n) is 2.25. The first-order valence-electron chi connectivity index (χ1n) is 7.12. The summed E-state index contributed by atoms with van der Waals surface area (Å²) in [5.74, 6) is -0.526. The average molecular weight is 450 g/mol. The zero-order chi connectivity index (χ0) is 18.9. The first-order chi connectivity index (χ1) is 11.6. The molecular formula is C15H15BrCl2N4O3. The fraction of sp³-hybridized carbons (Fsp3) is 0.267. The van der Waals surface area contributed by atoms with Crippen molar-refractivity contribution >= 4 is 50.9 Å². The number of aromatic nitrogens is 2. The second-order valence-corrected chi connectivity index (χ2v) is 7.02. The van der Waals surface area contributed by atoms with Crippen molar-refractivity contribution in [1.29, 1.82) is 0 Å². The molecule has 1 atom stereocenters. The Balaban J connectivity index is 2.24. The standard InChI is InChI=1S/C15H15BrCl2N4O3/c1-7(9-4-3-8(17)5-10(9)18)20-11(23)6-22-14(24)12(16)13(19)21(2)15(22)25/h3-5,7H,6,19H2,1-2H3,(H,20,23)/t7-/m1/s1. The molecule has 0 saturated heterocycles. The molecule has 0 aliphatic rings. The summed E-state index contributed by atoms with van der Waals surface area (Å²) in [6.45, 7) is 1.28. The van der Waals surface area contributed by atoms with Crippen LogP contribution < -0.4 is 22.3 Å². The Hall–Kier alpha value is -1.77. The van der Waals surface area contributed by atoms with E-state index in [0.717, 1.165) is 9.13 Å². The van der Waals surface area contributed by atoms with Crippen molar-refractivity contribution in [3.63, 3.8) is 0 Å². The summed E-state index contributed by atoms with van der Waals surface area (Å²) in [6, 6.07) is 4.48. The van der Waals surface area contributed by atoms with E-state index in [1.54, 1.807) is 25.1 Å². The van der Waals surface area contributed by atoms with Crippen LogP contribution >= 0.6 is 39.1 Å². The topological polar surface area (TPSA) is 99.1 Å². The molecule has 25 heavy (non-hydrogen) atoms. The lowest BCUT2D eigenvalue weighted by molar-refractivity contribution is -0.122. The minimum Gasteiger partial charge on any atom is -0.384 e. The summed E-state index contributed by atoms with van der Waals surface area (Å²) < 4.78 is 1.90. The third-order valence-corrected chi connectivity index (χ3v) is 4.95. The van der Waals surface area contributed by atoms with Gasteiger partial charge in [-0.05, 0) is 40.5 Å². The Bertz CT molecular complexity index is 918. The van der Waals surface area contributed by atoms with Gasteiger partial charge in [0.2, 0.25) is 5.91 Å². The molecule has 1 amide bonds. The second-order valence-electron chi connectivity index (χ2n) is 5.39. The van der Waals surface area contributed by atoms with E-state index in [4.69, 9.17) is 28.9 Å². The maximum atomic E-state index is 12.3. The molecule has 2 aromatic rings. The Kier molecular flexibility index (Phi) is 5.97. The van der Waals surface area contributed by atoms with Gasteiger partial charge in [0.15, 0.2) is 0 Å². The summed E-state index contributed by atoms with van der Waals surface area (Å²) in [7, 11) is 1.41. The van der Waals surface area contributed by atoms with Crippen molar-refractivity contribution in [3.05, 3.63) is 59.1 Å². The molecule has 0 saturated carbocycles. The average Bonchev–Trinajstić information content (AvgIpc) is 2.55. The number of benzene rings is 1. The number of carbonyl (C=O) groups excluding carboxylic acids is 1. The second kappa shape index (κ2) is 7.63. The van der Waals surface area contributed by atoms with E-state index in [0.29, 0.717) is 15.6 Å². The molecule has 0 unspecified atom stereocenters. The van der Waals surface area contributed by atoms with Crippen molar-refractivity contribution in [2.45, 2.75) is 19.5 Å². The highest BCUT2D eigenvalue weighted by atomic mass is 79.9. The van der Waals surface area contributed by atoms with Gasteiger partial charge in [-0.3, -0.25) is 14.2 Å². The normalized spacial score (nSPS) is 12.0. The van der Waals surface area contributed by atoms with Crippen molar-refractivity contribution in [2.24, 2.45) is 7.05 Å². The summed E-state index contributed by atoms with van der Waals surface area (Å²) >= 11 is 15.0. The van der Waals surface area contributed by atoms with E-state index >= 15 is 0 Å². The molecule has 1 aromatic heterocycles. The van der Waals surface area contributed by atoms with E-state index < -0.39 is 29.7 Å². The maximum absolute atomic E-state index is 12.3. The van der Waals surface area contributed by atoms with Crippen molar-refractivity contribution in [1.82, 2.24) is 14.5 Å². The summed E-state index contributed by atoms with van der Waals surface area (Å²) in [5.41, 5.74) is 4.95. The van der Waals surface area contributed by atoms with Crippen LogP contribution in [0.4, 0.5) is 5.82 Å². The molecular weight excluding hydrogens is 435 g/mol. The molecule has 2 rings (SSSR count). The van der Waals surface area contributed by atoms with Gasteiger partial charge in [-0.25, -0.2) is 9.36 Å². The summed E-state index contributed by atoms with van der Waals surface area (Å²) in [4.78, 5) is 36.6. The molecule has 134 valence electrons. The van der Waals surface area contributed by atoms with Gasteiger partial charge in [0.25, 0.3) is 5.56 Å². The third-order valence-electron chi connectivity index (χ3n) is 3.65. The van der Waals surface area contributed by atoms with Crippen LogP contribution in [0.25, 0.3) is 0 Å². The zero-order valence-corrected chi connectivity index (χ0v) is 16.4. The van der Waals surface area contributed by atoms with Crippen molar-refractivity contribution < 1.29 is 4.79 Å². The van der Waals surface area contributed by atoms with E-state index in [1.165, 1.54) is 7.05 Å². The highest BCUT2D eigenvalue weighted by Crippen LogP contribution is 2.26. The summed E-state index contributed by atoms with van der Waals surface area (Å²) in [5, 5.41) is 3.58. The number of anilines is 1. The molecule has 1 heterocycles. The molecule has 0 spiro atoms. The largest absolute Gasteiger partial charge is 0.384 e. The molecule has 3 N–H and O–H groups in total. The van der Waals surface area contributed by atoms with E-state index in [1.807, 2.05) is 0 Å². The monoisotopic (exact) mass is 448 g/mol. The number of hydrogen-bond donors (Lipinski definition) is 2. The van der Waals surface area contributed by atoms with Crippen LogP contribution in [0.15, 0.2) is 32.3 Å². The lowest BCUT2D eigenvalue weighted by Crippen LogP contribution is -2.44. The van der Waals surface area contributed by atoms with Gasteiger partial charge < -0.3 is 11.1 Å². The van der Waals surface area contributed by atoms with Crippen LogP contribution in [0, 0.1) is 0 Å². The Labute approximate surface area is 161 Å². The smallest absolute Gasteiger partial charge is 0.332 e. The van der Waals surface area contributed by atoms with Gasteiger partial charge in [-0.1, -0.05) is 29.3 Å². The predicted molar refractivity (Wildman–Crippen MR) is 101 cm³/mol. The van der Waals surface area contributed by atoms with Crippen LogP contribution in [-0.2, 0) is 18.4 Å². The van der Waals surface area contributed by atoms with Gasteiger partial charge in [0.1, 0.15) is 16.8 Å². The lowest BCUT2D eigenvalue weighted by Gasteiger charge is -2.17. The van der Waals surface area contributed by atoms with E-state index in [2.05, 4.69) is 21.2 Å². The van der Waals surface area contributed by atoms with Crippen LogP contribution in [0.1, 0.15) is 18.5 Å². The molecule has 0 aliphatic carbocycles. The molecule has 1 aromatic carbocycles. The number of carbonyl (C=O) groups is 1. The van der Waals surface area contributed by atoms with Gasteiger partial charge in [0.05, 0.1) is 6.04 Å². The highest BCUT2D eigenvalue weighted by Gasteiger charge is 2.18. The first kappa shape index (κ1) is 19.6. The predicted octanol–water partition coefficient (Wildman–Crippen LogP) is 2.08. The number of nitrogens with two attached hydrogens (primary N) is 1. The number of amides is 1. The molecule has 0 fully saturated rings. The number of rotatable bonds is 4. The Morgan fingerprint density at radius 2 is 2.00 bits per heavy atom. The number of halogens is 3. The van der Waals surface area contributed by atoms with Gasteiger partial charge >= 0.3 is 5.69 Å².